The van der Waals surface area contributed by atoms with Crippen LogP contribution in [0, 0.1) is 0 Å². The lowest BCUT2D eigenvalue weighted by Gasteiger charge is -2.13. The summed E-state index contributed by atoms with van der Waals surface area (Å²) in [5.41, 5.74) is 0. The van der Waals surface area contributed by atoms with E-state index in [-0.39, 0.29) is 5.75 Å². The molecule has 18 heavy (non-hydrogen) atoms. The van der Waals surface area contributed by atoms with Gasteiger partial charge < -0.3 is 15.8 Å². The van der Waals surface area contributed by atoms with Crippen LogP contribution in [-0.2, 0) is 11.2 Å². The summed E-state index contributed by atoms with van der Waals surface area (Å²) in [6.07, 6.45) is 3.27. The van der Waals surface area contributed by atoms with Crippen LogP contribution in [0.5, 0.6) is 0 Å². The smallest absolute Gasteiger partial charge is 0.313 e. The summed E-state index contributed by atoms with van der Waals surface area (Å²) < 4.78 is 1.39. The van der Waals surface area contributed by atoms with E-state index in [9.17, 15) is 4.79 Å². The molecule has 0 spiro atoms. The molecule has 1 aliphatic heterocycles. The fourth-order valence-electron chi connectivity index (χ4n) is 1.97. The van der Waals surface area contributed by atoms with Gasteiger partial charge in [-0.1, -0.05) is 11.8 Å². The number of thioether (sulfide) groups is 1. The number of nitrogens with two attached hydrogens (primary N) is 1. The van der Waals surface area contributed by atoms with Gasteiger partial charge in [0.2, 0.25) is 5.16 Å². The number of hydrogen-bond acceptors (Lipinski definition) is 6. The number of hydrogen-bond donors (Lipinski definition) is 2. The summed E-state index contributed by atoms with van der Waals surface area (Å²) >= 11 is 1.09. The highest BCUT2D eigenvalue weighted by molar-refractivity contribution is 7.99. The van der Waals surface area contributed by atoms with Gasteiger partial charge in [-0.3, -0.25) is 4.79 Å². The molecule has 2 rings (SSSR count). The molecule has 0 aromatic carbocycles. The average molecular weight is 271 g/mol. The number of likely N-dealkylation sites (tertiary alicyclic amines) is 1. The summed E-state index contributed by atoms with van der Waals surface area (Å²) in [6.45, 7) is 3.21. The highest BCUT2D eigenvalue weighted by Crippen LogP contribution is 2.15. The molecule has 0 amide bonds. The molecule has 1 aromatic rings. The maximum absolute atomic E-state index is 10.5. The van der Waals surface area contributed by atoms with Gasteiger partial charge in [0, 0.05) is 13.0 Å². The number of nitrogens with zero attached hydrogens (tertiary/aromatic N) is 4. The lowest BCUT2D eigenvalue weighted by atomic mass is 10.4. The first-order chi connectivity index (χ1) is 8.66. The molecule has 100 valence electrons. The first-order valence-corrected chi connectivity index (χ1v) is 6.91. The summed E-state index contributed by atoms with van der Waals surface area (Å²) in [5, 5.41) is 17.0. The van der Waals surface area contributed by atoms with Crippen LogP contribution in [0.25, 0.3) is 0 Å². The third-order valence-electron chi connectivity index (χ3n) is 2.91. The molecule has 1 aromatic heterocycles. The standard InChI is InChI=1S/C10H17N5O2S/c11-15-8(3-6-14-4-1-2-5-14)12-13-10(15)18-7-9(16)17/h1-7,11H2,(H,16,17). The van der Waals surface area contributed by atoms with Crippen LogP contribution < -0.4 is 5.84 Å². The summed E-state index contributed by atoms with van der Waals surface area (Å²) in [7, 11) is 0. The monoisotopic (exact) mass is 271 g/mol. The number of aliphatic carboxylic acids is 1. The Morgan fingerprint density at radius 2 is 2.11 bits per heavy atom. The molecule has 0 radical (unpaired) electrons. The topological polar surface area (TPSA) is 97.3 Å². The fourth-order valence-corrected chi connectivity index (χ4v) is 2.56. The SMILES string of the molecule is Nn1c(CCN2CCCC2)nnc1SCC(=O)O. The lowest BCUT2D eigenvalue weighted by Crippen LogP contribution is -2.24. The van der Waals surface area contributed by atoms with Gasteiger partial charge in [0.15, 0.2) is 5.82 Å². The van der Waals surface area contributed by atoms with Crippen molar-refractivity contribution in [2.75, 3.05) is 31.2 Å². The molecule has 7 nitrogen and oxygen atoms in total. The average Bonchev–Trinajstić information content (AvgIpc) is 2.94. The van der Waals surface area contributed by atoms with Crippen molar-refractivity contribution in [3.8, 4) is 0 Å². The molecular weight excluding hydrogens is 254 g/mol. The molecule has 1 aliphatic rings. The molecule has 0 atom stereocenters. The van der Waals surface area contributed by atoms with Crippen LogP contribution in [-0.4, -0.2) is 56.2 Å². The van der Waals surface area contributed by atoms with Crippen LogP contribution in [0.15, 0.2) is 5.16 Å². The largest absolute Gasteiger partial charge is 0.481 e. The maximum atomic E-state index is 10.5. The Labute approximate surface area is 109 Å². The Balaban J connectivity index is 1.86. The van der Waals surface area contributed by atoms with E-state index < -0.39 is 5.97 Å². The van der Waals surface area contributed by atoms with Crippen molar-refractivity contribution >= 4 is 17.7 Å². The number of carboxylic acid groups (broad SMARTS) is 1. The summed E-state index contributed by atoms with van der Waals surface area (Å²) in [4.78, 5) is 12.8. The zero-order chi connectivity index (χ0) is 13.0. The van der Waals surface area contributed by atoms with Crippen LogP contribution in [0.1, 0.15) is 18.7 Å². The number of nitrogen functional groups attached to an aromatic ring is 1. The van der Waals surface area contributed by atoms with Crippen LogP contribution >= 0.6 is 11.8 Å². The minimum absolute atomic E-state index is 0.0541. The third kappa shape index (κ3) is 3.36. The molecular formula is C10H17N5O2S. The van der Waals surface area contributed by atoms with E-state index in [1.165, 1.54) is 17.5 Å². The molecule has 0 saturated carbocycles. The van der Waals surface area contributed by atoms with Crippen molar-refractivity contribution in [1.82, 2.24) is 19.8 Å². The molecule has 2 heterocycles. The van der Waals surface area contributed by atoms with E-state index >= 15 is 0 Å². The van der Waals surface area contributed by atoms with Crippen molar-refractivity contribution in [1.29, 1.82) is 0 Å². The van der Waals surface area contributed by atoms with Gasteiger partial charge in [-0.2, -0.15) is 0 Å². The molecule has 0 bridgehead atoms. The molecule has 0 aliphatic carbocycles. The van der Waals surface area contributed by atoms with E-state index in [1.807, 2.05) is 0 Å². The Hall–Kier alpha value is -1.28. The zero-order valence-electron chi connectivity index (χ0n) is 10.1. The molecule has 3 N–H and O–H groups in total. The van der Waals surface area contributed by atoms with Gasteiger partial charge in [-0.25, -0.2) is 4.68 Å². The van der Waals surface area contributed by atoms with E-state index in [0.29, 0.717) is 11.0 Å². The highest BCUT2D eigenvalue weighted by atomic mass is 32.2. The second-order valence-electron chi connectivity index (χ2n) is 4.25. The van der Waals surface area contributed by atoms with Gasteiger partial charge in [0.25, 0.3) is 0 Å². The lowest BCUT2D eigenvalue weighted by molar-refractivity contribution is -0.133. The Kier molecular flexibility index (Phi) is 4.43. The predicted octanol–water partition coefficient (Wildman–Crippen LogP) is -0.193. The summed E-state index contributed by atoms with van der Waals surface area (Å²) in [5.74, 6) is 5.60. The van der Waals surface area contributed by atoms with Crippen molar-refractivity contribution in [3.05, 3.63) is 5.82 Å². The van der Waals surface area contributed by atoms with Crippen LogP contribution in [0.2, 0.25) is 0 Å². The van der Waals surface area contributed by atoms with Gasteiger partial charge >= 0.3 is 5.97 Å². The minimum Gasteiger partial charge on any atom is -0.481 e. The maximum Gasteiger partial charge on any atom is 0.313 e. The number of carboxylic acids is 1. The highest BCUT2D eigenvalue weighted by Gasteiger charge is 2.15. The molecule has 0 unspecified atom stereocenters. The second kappa shape index (κ2) is 6.05. The number of rotatable bonds is 6. The molecule has 1 fully saturated rings. The van der Waals surface area contributed by atoms with E-state index in [2.05, 4.69) is 15.1 Å². The minimum atomic E-state index is -0.887. The second-order valence-corrected chi connectivity index (χ2v) is 5.19. The Bertz CT molecular complexity index is 416. The van der Waals surface area contributed by atoms with Gasteiger partial charge in [-0.05, 0) is 25.9 Å². The molecule has 1 saturated heterocycles. The van der Waals surface area contributed by atoms with Crippen molar-refractivity contribution < 1.29 is 9.90 Å². The Morgan fingerprint density at radius 3 is 2.78 bits per heavy atom. The van der Waals surface area contributed by atoms with E-state index in [1.54, 1.807) is 0 Å². The van der Waals surface area contributed by atoms with Crippen molar-refractivity contribution in [2.45, 2.75) is 24.4 Å². The van der Waals surface area contributed by atoms with Gasteiger partial charge in [-0.15, -0.1) is 10.2 Å². The number of carbonyl (C=O) groups is 1. The van der Waals surface area contributed by atoms with E-state index in [4.69, 9.17) is 10.9 Å². The first-order valence-electron chi connectivity index (χ1n) is 5.93. The third-order valence-corrected chi connectivity index (χ3v) is 3.84. The number of aromatic nitrogens is 3. The molecule has 8 heteroatoms. The Morgan fingerprint density at radius 1 is 1.39 bits per heavy atom. The zero-order valence-corrected chi connectivity index (χ0v) is 10.9. The van der Waals surface area contributed by atoms with Crippen LogP contribution in [0.4, 0.5) is 0 Å². The first kappa shape index (κ1) is 13.2. The van der Waals surface area contributed by atoms with E-state index in [0.717, 1.165) is 37.8 Å². The van der Waals surface area contributed by atoms with Crippen molar-refractivity contribution in [2.24, 2.45) is 0 Å². The predicted molar refractivity (Wildman–Crippen MR) is 67.9 cm³/mol. The quantitative estimate of drug-likeness (QED) is 0.546. The van der Waals surface area contributed by atoms with Crippen LogP contribution in [0.3, 0.4) is 0 Å². The summed E-state index contributed by atoms with van der Waals surface area (Å²) in [6, 6.07) is 0. The normalized spacial score (nSPS) is 16.2. The fraction of sp³-hybridized carbons (Fsp3) is 0.700. The van der Waals surface area contributed by atoms with Crippen molar-refractivity contribution in [3.63, 3.8) is 0 Å². The van der Waals surface area contributed by atoms with Gasteiger partial charge in [0.1, 0.15) is 0 Å². The van der Waals surface area contributed by atoms with Gasteiger partial charge in [0.05, 0.1) is 5.75 Å².